The molecule has 0 amide bonds. The molecule has 0 unspecified atom stereocenters. The normalized spacial score (nSPS) is 11.1. The van der Waals surface area contributed by atoms with Crippen molar-refractivity contribution in [1.82, 2.24) is 9.97 Å². The molecule has 0 aliphatic carbocycles. The smallest absolute Gasteiger partial charge is 0.163 e. The zero-order chi connectivity index (χ0) is 16.5. The van der Waals surface area contributed by atoms with Crippen molar-refractivity contribution in [3.8, 4) is 11.5 Å². The Morgan fingerprint density at radius 1 is 1.04 bits per heavy atom. The van der Waals surface area contributed by atoms with Gasteiger partial charge in [0.25, 0.3) is 0 Å². The van der Waals surface area contributed by atoms with Gasteiger partial charge in [-0.1, -0.05) is 30.3 Å². The average molecular weight is 383 g/mol. The van der Waals surface area contributed by atoms with Crippen LogP contribution in [0.25, 0.3) is 21.8 Å². The summed E-state index contributed by atoms with van der Waals surface area (Å²) in [6.45, 7) is 0.494. The Morgan fingerprint density at radius 3 is 2.67 bits per heavy atom. The summed E-state index contributed by atoms with van der Waals surface area (Å²) in [6, 6.07) is 14.0. The molecule has 0 aliphatic rings. The minimum absolute atomic E-state index is 0.494. The van der Waals surface area contributed by atoms with Gasteiger partial charge >= 0.3 is 0 Å². The van der Waals surface area contributed by atoms with Crippen LogP contribution in [0.15, 0.2) is 59.3 Å². The van der Waals surface area contributed by atoms with E-state index in [1.54, 1.807) is 13.3 Å². The van der Waals surface area contributed by atoms with Crippen LogP contribution < -0.4 is 9.47 Å². The third-order valence-electron chi connectivity index (χ3n) is 3.98. The van der Waals surface area contributed by atoms with Gasteiger partial charge in [0.05, 0.1) is 24.3 Å². The van der Waals surface area contributed by atoms with Gasteiger partial charge in [-0.3, -0.25) is 4.98 Å². The summed E-state index contributed by atoms with van der Waals surface area (Å²) in [5.74, 6) is 1.42. The highest BCUT2D eigenvalue weighted by Crippen LogP contribution is 2.38. The Labute approximate surface area is 147 Å². The summed E-state index contributed by atoms with van der Waals surface area (Å²) in [5.41, 5.74) is 3.08. The lowest BCUT2D eigenvalue weighted by Gasteiger charge is -2.11. The highest BCUT2D eigenvalue weighted by Gasteiger charge is 2.13. The number of fused-ring (bicyclic) bond motifs is 3. The second kappa shape index (κ2) is 6.17. The quantitative estimate of drug-likeness (QED) is 0.536. The summed E-state index contributed by atoms with van der Waals surface area (Å²) in [6.07, 6.45) is 3.61. The maximum absolute atomic E-state index is 5.98. The van der Waals surface area contributed by atoms with Gasteiger partial charge in [0, 0.05) is 27.5 Å². The van der Waals surface area contributed by atoms with Crippen molar-refractivity contribution < 1.29 is 9.47 Å². The summed E-state index contributed by atoms with van der Waals surface area (Å²) in [7, 11) is 1.65. The molecule has 24 heavy (non-hydrogen) atoms. The number of methoxy groups -OCH3 is 1. The monoisotopic (exact) mass is 382 g/mol. The molecule has 0 saturated carbocycles. The third-order valence-corrected chi connectivity index (χ3v) is 4.58. The van der Waals surface area contributed by atoms with Crippen molar-refractivity contribution in [3.63, 3.8) is 0 Å². The highest BCUT2D eigenvalue weighted by atomic mass is 79.9. The van der Waals surface area contributed by atoms with E-state index in [0.717, 1.165) is 31.8 Å². The van der Waals surface area contributed by atoms with Gasteiger partial charge in [-0.2, -0.15) is 0 Å². The largest absolute Gasteiger partial charge is 0.493 e. The number of hydrogen-bond acceptors (Lipinski definition) is 3. The molecule has 4 aromatic rings. The summed E-state index contributed by atoms with van der Waals surface area (Å²) in [4.78, 5) is 7.59. The molecule has 1 N–H and O–H groups in total. The van der Waals surface area contributed by atoms with Crippen LogP contribution in [0.4, 0.5) is 0 Å². The summed E-state index contributed by atoms with van der Waals surface area (Å²) >= 11 is 3.57. The Kier molecular flexibility index (Phi) is 3.86. The fourth-order valence-electron chi connectivity index (χ4n) is 2.83. The van der Waals surface area contributed by atoms with Gasteiger partial charge in [0.1, 0.15) is 6.61 Å². The predicted molar refractivity (Wildman–Crippen MR) is 98.6 cm³/mol. The fourth-order valence-corrected chi connectivity index (χ4v) is 3.37. The second-order valence-electron chi connectivity index (χ2n) is 5.49. The number of aromatic amines is 1. The van der Waals surface area contributed by atoms with Crippen LogP contribution in [0, 0.1) is 0 Å². The first kappa shape index (κ1) is 15.0. The van der Waals surface area contributed by atoms with Crippen LogP contribution in [0.5, 0.6) is 11.5 Å². The molecule has 0 saturated heterocycles. The van der Waals surface area contributed by atoms with E-state index in [4.69, 9.17) is 9.47 Å². The number of rotatable bonds is 4. The van der Waals surface area contributed by atoms with Crippen LogP contribution in [0.1, 0.15) is 5.56 Å². The standard InChI is InChI=1S/C19H15BrN2O2/c1-23-17-7-13-15(22-16-10-21-9-14(20)19(13)16)8-18(17)24-11-12-5-3-2-4-6-12/h2-10,22H,11H2,1H3. The maximum atomic E-state index is 5.98. The molecular weight excluding hydrogens is 368 g/mol. The van der Waals surface area contributed by atoms with Gasteiger partial charge in [-0.05, 0) is 27.6 Å². The van der Waals surface area contributed by atoms with Gasteiger partial charge in [-0.15, -0.1) is 0 Å². The number of nitrogens with one attached hydrogen (secondary N) is 1. The van der Waals surface area contributed by atoms with Crippen molar-refractivity contribution in [2.75, 3.05) is 7.11 Å². The lowest BCUT2D eigenvalue weighted by Crippen LogP contribution is -1.97. The highest BCUT2D eigenvalue weighted by molar-refractivity contribution is 9.10. The SMILES string of the molecule is COc1cc2c(cc1OCc1ccccc1)[nH]c1cncc(Br)c12. The Morgan fingerprint density at radius 2 is 1.88 bits per heavy atom. The lowest BCUT2D eigenvalue weighted by molar-refractivity contribution is 0.285. The summed E-state index contributed by atoms with van der Waals surface area (Å²) < 4.78 is 12.5. The number of ether oxygens (including phenoxy) is 2. The van der Waals surface area contributed by atoms with Gasteiger partial charge < -0.3 is 14.5 Å². The molecule has 0 bridgehead atoms. The van der Waals surface area contributed by atoms with Crippen LogP contribution in [-0.2, 0) is 6.61 Å². The molecule has 0 spiro atoms. The number of H-pyrrole nitrogens is 1. The molecule has 2 aromatic carbocycles. The third kappa shape index (κ3) is 2.61. The van der Waals surface area contributed by atoms with E-state index in [1.165, 1.54) is 0 Å². The Hall–Kier alpha value is -2.53. The lowest BCUT2D eigenvalue weighted by atomic mass is 10.1. The second-order valence-corrected chi connectivity index (χ2v) is 6.35. The molecule has 0 radical (unpaired) electrons. The minimum atomic E-state index is 0.494. The maximum Gasteiger partial charge on any atom is 0.163 e. The molecular formula is C19H15BrN2O2. The zero-order valence-electron chi connectivity index (χ0n) is 13.0. The van der Waals surface area contributed by atoms with E-state index < -0.39 is 0 Å². The van der Waals surface area contributed by atoms with E-state index in [9.17, 15) is 0 Å². The van der Waals surface area contributed by atoms with Gasteiger partial charge in [0.2, 0.25) is 0 Å². The molecule has 0 atom stereocenters. The van der Waals surface area contributed by atoms with Gasteiger partial charge in [0.15, 0.2) is 11.5 Å². The van der Waals surface area contributed by atoms with Crippen molar-refractivity contribution in [1.29, 1.82) is 0 Å². The first-order chi connectivity index (χ1) is 11.8. The van der Waals surface area contributed by atoms with Crippen molar-refractivity contribution >= 4 is 37.7 Å². The fraction of sp³-hybridized carbons (Fsp3) is 0.105. The molecule has 2 heterocycles. The van der Waals surface area contributed by atoms with Crippen LogP contribution >= 0.6 is 15.9 Å². The van der Waals surface area contributed by atoms with E-state index >= 15 is 0 Å². The van der Waals surface area contributed by atoms with Crippen molar-refractivity contribution in [2.45, 2.75) is 6.61 Å². The molecule has 4 nitrogen and oxygen atoms in total. The number of nitrogens with zero attached hydrogens (tertiary/aromatic N) is 1. The molecule has 0 fully saturated rings. The van der Waals surface area contributed by atoms with E-state index in [0.29, 0.717) is 18.1 Å². The van der Waals surface area contributed by atoms with Crippen LogP contribution in [-0.4, -0.2) is 17.1 Å². The Bertz CT molecular complexity index is 1010. The number of benzene rings is 2. The van der Waals surface area contributed by atoms with Crippen molar-refractivity contribution in [3.05, 3.63) is 64.9 Å². The summed E-state index contributed by atoms with van der Waals surface area (Å²) in [5, 5.41) is 2.16. The van der Waals surface area contributed by atoms with Crippen LogP contribution in [0.2, 0.25) is 0 Å². The first-order valence-electron chi connectivity index (χ1n) is 7.56. The molecule has 0 aliphatic heterocycles. The molecule has 120 valence electrons. The number of halogens is 1. The van der Waals surface area contributed by atoms with Crippen molar-refractivity contribution in [2.24, 2.45) is 0 Å². The minimum Gasteiger partial charge on any atom is -0.493 e. The van der Waals surface area contributed by atoms with Gasteiger partial charge in [-0.25, -0.2) is 0 Å². The average Bonchev–Trinajstić information content (AvgIpc) is 2.98. The van der Waals surface area contributed by atoms with E-state index in [2.05, 4.69) is 25.9 Å². The Balaban J connectivity index is 1.78. The topological polar surface area (TPSA) is 47.1 Å². The van der Waals surface area contributed by atoms with Crippen LogP contribution in [0.3, 0.4) is 0 Å². The zero-order valence-corrected chi connectivity index (χ0v) is 14.6. The molecule has 5 heteroatoms. The predicted octanol–water partition coefficient (Wildman–Crippen LogP) is 5.07. The first-order valence-corrected chi connectivity index (χ1v) is 8.35. The number of hydrogen-bond donors (Lipinski definition) is 1. The van der Waals surface area contributed by atoms with E-state index in [1.807, 2.05) is 48.7 Å². The number of aromatic nitrogens is 2. The molecule has 4 rings (SSSR count). The van der Waals surface area contributed by atoms with E-state index in [-0.39, 0.29) is 0 Å². The molecule has 2 aromatic heterocycles. The number of pyridine rings is 1.